The Bertz CT molecular complexity index is 1410. The lowest BCUT2D eigenvalue weighted by Gasteiger charge is -2.13. The molecule has 0 unspecified atom stereocenters. The van der Waals surface area contributed by atoms with E-state index < -0.39 is 17.1 Å². The summed E-state index contributed by atoms with van der Waals surface area (Å²) in [5.74, 6) is -0.516. The quantitative estimate of drug-likeness (QED) is 0.426. The molecule has 4 rings (SSSR count). The number of aromatic carboxylic acids is 1. The van der Waals surface area contributed by atoms with Crippen molar-refractivity contribution in [1.82, 2.24) is 4.90 Å². The molecule has 1 N–H and O–H groups in total. The Morgan fingerprint density at radius 1 is 1.08 bits per heavy atom. The highest BCUT2D eigenvalue weighted by molar-refractivity contribution is 8.18. The molecule has 3 aromatic carbocycles. The van der Waals surface area contributed by atoms with Crippen LogP contribution in [0.3, 0.4) is 0 Å². The number of imide groups is 1. The van der Waals surface area contributed by atoms with Gasteiger partial charge < -0.3 is 14.6 Å². The summed E-state index contributed by atoms with van der Waals surface area (Å²) < 4.78 is 11.3. The maximum Gasteiger partial charge on any atom is 0.335 e. The molecule has 9 heteroatoms. The van der Waals surface area contributed by atoms with Crippen molar-refractivity contribution in [2.24, 2.45) is 0 Å². The Morgan fingerprint density at radius 2 is 1.83 bits per heavy atom. The van der Waals surface area contributed by atoms with Gasteiger partial charge in [-0.25, -0.2) is 4.79 Å². The van der Waals surface area contributed by atoms with Gasteiger partial charge in [0.25, 0.3) is 11.1 Å². The molecular weight excluding hydrogens is 480 g/mol. The number of rotatable bonds is 8. The fourth-order valence-corrected chi connectivity index (χ4v) is 4.36. The van der Waals surface area contributed by atoms with Crippen molar-refractivity contribution in [3.05, 3.63) is 99.5 Å². The van der Waals surface area contributed by atoms with Gasteiger partial charge in [0, 0.05) is 0 Å². The number of methoxy groups -OCH3 is 1. The maximum atomic E-state index is 12.9. The molecule has 0 spiro atoms. The number of carbonyl (C=O) groups excluding carboxylic acids is 2. The van der Waals surface area contributed by atoms with Gasteiger partial charge in [0.2, 0.25) is 0 Å². The summed E-state index contributed by atoms with van der Waals surface area (Å²) >= 11 is 0.839. The molecule has 3 aromatic rings. The van der Waals surface area contributed by atoms with Crippen LogP contribution in [0.15, 0.2) is 71.6 Å². The molecule has 1 saturated heterocycles. The minimum absolute atomic E-state index is 0.0231. The van der Waals surface area contributed by atoms with Crippen LogP contribution < -0.4 is 9.47 Å². The molecule has 8 nitrogen and oxygen atoms in total. The zero-order valence-corrected chi connectivity index (χ0v) is 20.0. The van der Waals surface area contributed by atoms with Crippen LogP contribution in [0.2, 0.25) is 0 Å². The number of benzene rings is 3. The highest BCUT2D eigenvalue weighted by Gasteiger charge is 2.35. The molecule has 0 aliphatic carbocycles. The smallest absolute Gasteiger partial charge is 0.335 e. The number of nitriles is 1. The number of ether oxygens (including phenoxy) is 2. The van der Waals surface area contributed by atoms with Crippen molar-refractivity contribution in [2.45, 2.75) is 13.2 Å². The summed E-state index contributed by atoms with van der Waals surface area (Å²) in [5.41, 5.74) is 2.65. The average molecular weight is 501 g/mol. The molecule has 1 fully saturated rings. The summed E-state index contributed by atoms with van der Waals surface area (Å²) in [6, 6.07) is 20.4. The summed E-state index contributed by atoms with van der Waals surface area (Å²) in [6.45, 7) is 0.230. The van der Waals surface area contributed by atoms with Crippen LogP contribution in [-0.4, -0.2) is 34.2 Å². The first-order chi connectivity index (χ1) is 17.4. The third-order valence-corrected chi connectivity index (χ3v) is 6.33. The number of thioether (sulfide) groups is 1. The molecule has 1 aliphatic rings. The Morgan fingerprint density at radius 3 is 2.53 bits per heavy atom. The minimum Gasteiger partial charge on any atom is -0.493 e. The normalized spacial score (nSPS) is 14.1. The highest BCUT2D eigenvalue weighted by atomic mass is 32.2. The zero-order valence-electron chi connectivity index (χ0n) is 19.1. The first-order valence-electron chi connectivity index (χ1n) is 10.8. The van der Waals surface area contributed by atoms with Crippen LogP contribution in [0.1, 0.15) is 32.6 Å². The van der Waals surface area contributed by atoms with E-state index in [1.807, 2.05) is 0 Å². The van der Waals surface area contributed by atoms with Crippen LogP contribution in [0.4, 0.5) is 4.79 Å². The van der Waals surface area contributed by atoms with Crippen LogP contribution in [0.25, 0.3) is 6.08 Å². The van der Waals surface area contributed by atoms with Gasteiger partial charge in [-0.2, -0.15) is 5.26 Å². The topological polar surface area (TPSA) is 117 Å². The van der Waals surface area contributed by atoms with E-state index >= 15 is 0 Å². The molecule has 180 valence electrons. The van der Waals surface area contributed by atoms with E-state index in [2.05, 4.69) is 6.07 Å². The van der Waals surface area contributed by atoms with Crippen LogP contribution in [-0.2, 0) is 17.9 Å². The van der Waals surface area contributed by atoms with Crippen molar-refractivity contribution in [1.29, 1.82) is 5.26 Å². The number of hydrogen-bond acceptors (Lipinski definition) is 7. The predicted molar refractivity (Wildman–Crippen MR) is 133 cm³/mol. The van der Waals surface area contributed by atoms with E-state index in [-0.39, 0.29) is 23.6 Å². The van der Waals surface area contributed by atoms with Gasteiger partial charge in [0.15, 0.2) is 11.5 Å². The first-order valence-corrected chi connectivity index (χ1v) is 11.6. The standard InChI is InChI=1S/C27H20N2O6S/c1-34-23-12-18(8-11-22(23)35-16-17-6-9-19(10-7-17)26(31)32)13-24-25(30)29(27(33)36-24)15-21-5-3-2-4-20(21)14-28/h2-13H,15-16H2,1H3,(H,31,32)/b24-13-. The van der Waals surface area contributed by atoms with Crippen molar-refractivity contribution in [3.8, 4) is 17.6 Å². The fraction of sp³-hybridized carbons (Fsp3) is 0.111. The molecule has 0 aromatic heterocycles. The van der Waals surface area contributed by atoms with Crippen LogP contribution >= 0.6 is 11.8 Å². The van der Waals surface area contributed by atoms with Crippen molar-refractivity contribution < 1.29 is 29.0 Å². The molecule has 1 aliphatic heterocycles. The molecule has 2 amide bonds. The van der Waals surface area contributed by atoms with E-state index in [9.17, 15) is 19.6 Å². The van der Waals surface area contributed by atoms with E-state index in [0.29, 0.717) is 28.2 Å². The second-order valence-electron chi connectivity index (χ2n) is 7.74. The molecule has 0 bridgehead atoms. The lowest BCUT2D eigenvalue weighted by molar-refractivity contribution is -0.123. The second kappa shape index (κ2) is 10.8. The summed E-state index contributed by atoms with van der Waals surface area (Å²) in [5, 5.41) is 17.9. The molecule has 0 atom stereocenters. The lowest BCUT2D eigenvalue weighted by Crippen LogP contribution is -2.27. The summed E-state index contributed by atoms with van der Waals surface area (Å²) in [7, 11) is 1.49. The van der Waals surface area contributed by atoms with Gasteiger partial charge >= 0.3 is 5.97 Å². The monoisotopic (exact) mass is 500 g/mol. The fourth-order valence-electron chi connectivity index (χ4n) is 3.52. The van der Waals surface area contributed by atoms with Crippen molar-refractivity contribution in [2.75, 3.05) is 7.11 Å². The predicted octanol–water partition coefficient (Wildman–Crippen LogP) is 5.08. The third kappa shape index (κ3) is 5.40. The average Bonchev–Trinajstić information content (AvgIpc) is 3.15. The Kier molecular flexibility index (Phi) is 7.37. The Balaban J connectivity index is 1.47. The van der Waals surface area contributed by atoms with E-state index in [1.54, 1.807) is 60.7 Å². The molecule has 36 heavy (non-hydrogen) atoms. The van der Waals surface area contributed by atoms with Gasteiger partial charge in [0.05, 0.1) is 35.8 Å². The number of carboxylic acid groups (broad SMARTS) is 1. The van der Waals surface area contributed by atoms with E-state index in [4.69, 9.17) is 14.6 Å². The van der Waals surface area contributed by atoms with Crippen molar-refractivity contribution >= 4 is 35.0 Å². The Hall–Kier alpha value is -4.55. The number of carboxylic acids is 1. The lowest BCUT2D eigenvalue weighted by atomic mass is 10.1. The zero-order chi connectivity index (χ0) is 25.7. The molecule has 0 saturated carbocycles. The second-order valence-corrected chi connectivity index (χ2v) is 8.73. The molecule has 0 radical (unpaired) electrons. The SMILES string of the molecule is COc1cc(/C=C2\SC(=O)N(Cc3ccccc3C#N)C2=O)ccc1OCc1ccc(C(=O)O)cc1. The third-order valence-electron chi connectivity index (χ3n) is 5.42. The van der Waals surface area contributed by atoms with Gasteiger partial charge in [0.1, 0.15) is 6.61 Å². The molecule has 1 heterocycles. The Labute approximate surface area is 211 Å². The minimum atomic E-state index is -0.996. The number of nitrogens with zero attached hydrogens (tertiary/aromatic N) is 2. The first kappa shape index (κ1) is 24.6. The molecular formula is C27H20N2O6S. The number of carbonyl (C=O) groups is 3. The number of amides is 2. The van der Waals surface area contributed by atoms with Crippen molar-refractivity contribution in [3.63, 3.8) is 0 Å². The van der Waals surface area contributed by atoms with Gasteiger partial charge in [-0.3, -0.25) is 14.5 Å². The van der Waals surface area contributed by atoms with Gasteiger partial charge in [-0.05, 0) is 64.9 Å². The largest absolute Gasteiger partial charge is 0.493 e. The van der Waals surface area contributed by atoms with Crippen LogP contribution in [0.5, 0.6) is 11.5 Å². The van der Waals surface area contributed by atoms with Crippen LogP contribution in [0, 0.1) is 11.3 Å². The van der Waals surface area contributed by atoms with Gasteiger partial charge in [-0.1, -0.05) is 36.4 Å². The number of hydrogen-bond donors (Lipinski definition) is 1. The highest BCUT2D eigenvalue weighted by Crippen LogP contribution is 2.35. The van der Waals surface area contributed by atoms with E-state index in [0.717, 1.165) is 22.2 Å². The summed E-state index contributed by atoms with van der Waals surface area (Å²) in [6.07, 6.45) is 1.61. The van der Waals surface area contributed by atoms with Gasteiger partial charge in [-0.15, -0.1) is 0 Å². The van der Waals surface area contributed by atoms with E-state index in [1.165, 1.54) is 19.2 Å². The maximum absolute atomic E-state index is 12.9. The summed E-state index contributed by atoms with van der Waals surface area (Å²) in [4.78, 5) is 37.8.